The Morgan fingerprint density at radius 2 is 1.49 bits per heavy atom. The van der Waals surface area contributed by atoms with E-state index in [0.29, 0.717) is 23.3 Å². The minimum absolute atomic E-state index is 0.0121. The maximum absolute atomic E-state index is 13.0. The molecule has 9 nitrogen and oxygen atoms in total. The third-order valence-electron chi connectivity index (χ3n) is 8.13. The highest BCUT2D eigenvalue weighted by Crippen LogP contribution is 2.40. The summed E-state index contributed by atoms with van der Waals surface area (Å²) in [5.41, 5.74) is 6.40. The van der Waals surface area contributed by atoms with Gasteiger partial charge in [-0.15, -0.1) is 0 Å². The summed E-state index contributed by atoms with van der Waals surface area (Å²) in [6.07, 6.45) is 1.25. The van der Waals surface area contributed by atoms with Gasteiger partial charge in [0, 0.05) is 17.7 Å². The number of aromatic amines is 1. The lowest BCUT2D eigenvalue weighted by atomic mass is 9.97. The van der Waals surface area contributed by atoms with Gasteiger partial charge in [-0.2, -0.15) is 5.10 Å². The van der Waals surface area contributed by atoms with Gasteiger partial charge in [0.2, 0.25) is 0 Å². The van der Waals surface area contributed by atoms with E-state index in [4.69, 9.17) is 9.47 Å². The van der Waals surface area contributed by atoms with Crippen molar-refractivity contribution in [2.75, 3.05) is 5.75 Å². The fraction of sp³-hybridized carbons (Fsp3) is 0.200. The molecule has 3 atom stereocenters. The average molecular weight is 619 g/mol. The van der Waals surface area contributed by atoms with Gasteiger partial charge in [-0.25, -0.2) is 4.98 Å². The molecule has 2 amide bonds. The number of aliphatic hydroxyl groups is 1. The topological polar surface area (TPSA) is 118 Å². The smallest absolute Gasteiger partial charge is 0.261 e. The first-order valence-corrected chi connectivity index (χ1v) is 15.7. The van der Waals surface area contributed by atoms with Crippen LogP contribution in [0, 0.1) is 0 Å². The van der Waals surface area contributed by atoms with Crippen molar-refractivity contribution in [1.29, 1.82) is 0 Å². The highest BCUT2D eigenvalue weighted by molar-refractivity contribution is 7.99. The molecule has 0 spiro atoms. The van der Waals surface area contributed by atoms with Crippen LogP contribution in [0.3, 0.4) is 0 Å². The fourth-order valence-electron chi connectivity index (χ4n) is 5.77. The van der Waals surface area contributed by atoms with Crippen molar-refractivity contribution in [2.45, 2.75) is 43.2 Å². The van der Waals surface area contributed by atoms with Gasteiger partial charge >= 0.3 is 0 Å². The van der Waals surface area contributed by atoms with Crippen molar-refractivity contribution >= 4 is 23.6 Å². The van der Waals surface area contributed by atoms with Gasteiger partial charge in [0.1, 0.15) is 6.33 Å². The Labute approximate surface area is 264 Å². The SMILES string of the molecule is O=C1c2ccccc2C(=O)N1Cc1ccccc1-c1ccc([C@H]2O[C@@H](CSc3ncn[nH]3)C[C@@H](c3ccc(CO)cc3)O2)cc1. The number of benzene rings is 4. The Balaban J connectivity index is 1.11. The Morgan fingerprint density at radius 3 is 2.16 bits per heavy atom. The van der Waals surface area contributed by atoms with Crippen LogP contribution in [0.1, 0.15) is 61.8 Å². The van der Waals surface area contributed by atoms with Crippen LogP contribution in [0.4, 0.5) is 0 Å². The monoisotopic (exact) mass is 618 g/mol. The molecule has 5 aromatic rings. The first-order valence-electron chi connectivity index (χ1n) is 14.7. The number of nitrogens with zero attached hydrogens (tertiary/aromatic N) is 3. The first kappa shape index (κ1) is 29.1. The number of nitrogens with one attached hydrogen (secondary N) is 1. The molecule has 2 aliphatic heterocycles. The molecule has 1 saturated heterocycles. The van der Waals surface area contributed by atoms with Gasteiger partial charge in [-0.05, 0) is 39.9 Å². The summed E-state index contributed by atoms with van der Waals surface area (Å²) in [4.78, 5) is 31.6. The van der Waals surface area contributed by atoms with E-state index in [9.17, 15) is 14.7 Å². The maximum Gasteiger partial charge on any atom is 0.261 e. The lowest BCUT2D eigenvalue weighted by Crippen LogP contribution is -2.31. The standard InChI is InChI=1S/C35H30N4O5S/c40-19-22-9-11-24(12-10-22)31-17-27(20-45-35-36-21-37-38-35)43-34(44-31)25-15-13-23(14-16-25)28-6-2-1-5-26(28)18-39-32(41)29-7-3-4-8-30(29)33(39)42/h1-16,21,27,31,34,40H,17-20H2,(H,36,37,38)/t27-,31+,34+/m1/s1. The molecular formula is C35H30N4O5S. The molecule has 4 aromatic carbocycles. The minimum atomic E-state index is -0.593. The summed E-state index contributed by atoms with van der Waals surface area (Å²) < 4.78 is 13.0. The number of fused-ring (bicyclic) bond motifs is 1. The van der Waals surface area contributed by atoms with Crippen molar-refractivity contribution in [3.05, 3.63) is 137 Å². The van der Waals surface area contributed by atoms with Crippen LogP contribution in [0.2, 0.25) is 0 Å². The minimum Gasteiger partial charge on any atom is -0.392 e. The van der Waals surface area contributed by atoms with Crippen LogP contribution < -0.4 is 0 Å². The second-order valence-electron chi connectivity index (χ2n) is 11.0. The number of imide groups is 1. The number of thioether (sulfide) groups is 1. The van der Waals surface area contributed by atoms with E-state index in [1.807, 2.05) is 72.8 Å². The third kappa shape index (κ3) is 6.05. The Bertz CT molecular complexity index is 1780. The second-order valence-corrected chi connectivity index (χ2v) is 12.0. The number of amides is 2. The second kappa shape index (κ2) is 12.8. The van der Waals surface area contributed by atoms with Crippen LogP contribution in [0.25, 0.3) is 11.1 Å². The Kier molecular flexibility index (Phi) is 8.27. The van der Waals surface area contributed by atoms with Crippen molar-refractivity contribution in [3.8, 4) is 11.1 Å². The van der Waals surface area contributed by atoms with Crippen LogP contribution in [0.5, 0.6) is 0 Å². The molecule has 2 N–H and O–H groups in total. The average Bonchev–Trinajstić information content (AvgIpc) is 3.71. The number of rotatable bonds is 9. The van der Waals surface area contributed by atoms with Crippen LogP contribution in [-0.4, -0.2) is 48.9 Å². The highest BCUT2D eigenvalue weighted by Gasteiger charge is 2.36. The predicted octanol–water partition coefficient (Wildman–Crippen LogP) is 6.10. The molecule has 0 radical (unpaired) electrons. The number of aromatic nitrogens is 3. The van der Waals surface area contributed by atoms with E-state index in [0.717, 1.165) is 38.5 Å². The lowest BCUT2D eigenvalue weighted by molar-refractivity contribution is -0.245. The molecule has 0 unspecified atom stereocenters. The number of carbonyl (C=O) groups is 2. The van der Waals surface area contributed by atoms with Gasteiger partial charge in [0.05, 0.1) is 36.5 Å². The molecule has 1 aromatic heterocycles. The van der Waals surface area contributed by atoms with Gasteiger partial charge in [0.25, 0.3) is 11.8 Å². The van der Waals surface area contributed by atoms with Crippen LogP contribution in [0.15, 0.2) is 109 Å². The van der Waals surface area contributed by atoms with Crippen molar-refractivity contribution in [3.63, 3.8) is 0 Å². The lowest BCUT2D eigenvalue weighted by Gasteiger charge is -2.36. The number of hydrogen-bond donors (Lipinski definition) is 2. The van der Waals surface area contributed by atoms with E-state index in [1.165, 1.54) is 11.2 Å². The van der Waals surface area contributed by atoms with Gasteiger partial charge < -0.3 is 14.6 Å². The first-order chi connectivity index (χ1) is 22.1. The molecule has 3 heterocycles. The molecule has 45 heavy (non-hydrogen) atoms. The van der Waals surface area contributed by atoms with Crippen LogP contribution >= 0.6 is 11.8 Å². The van der Waals surface area contributed by atoms with Crippen molar-refractivity contribution in [1.82, 2.24) is 20.1 Å². The quantitative estimate of drug-likeness (QED) is 0.150. The van der Waals surface area contributed by atoms with E-state index >= 15 is 0 Å². The highest BCUT2D eigenvalue weighted by atomic mass is 32.2. The number of ether oxygens (including phenoxy) is 2. The van der Waals surface area contributed by atoms with Crippen molar-refractivity contribution < 1.29 is 24.2 Å². The largest absolute Gasteiger partial charge is 0.392 e. The summed E-state index contributed by atoms with van der Waals surface area (Å²) >= 11 is 1.55. The predicted molar refractivity (Wildman–Crippen MR) is 168 cm³/mol. The number of carbonyl (C=O) groups excluding carboxylic acids is 2. The zero-order valence-electron chi connectivity index (χ0n) is 24.2. The summed E-state index contributed by atoms with van der Waals surface area (Å²) in [7, 11) is 0. The maximum atomic E-state index is 13.0. The zero-order valence-corrected chi connectivity index (χ0v) is 25.0. The van der Waals surface area contributed by atoms with E-state index in [-0.39, 0.29) is 37.2 Å². The molecule has 7 rings (SSSR count). The van der Waals surface area contributed by atoms with E-state index < -0.39 is 6.29 Å². The fourth-order valence-corrected chi connectivity index (χ4v) is 6.57. The molecule has 0 aliphatic carbocycles. The summed E-state index contributed by atoms with van der Waals surface area (Å²) in [6.45, 7) is 0.169. The number of hydrogen-bond acceptors (Lipinski definition) is 8. The molecule has 0 bridgehead atoms. The Morgan fingerprint density at radius 1 is 0.822 bits per heavy atom. The van der Waals surface area contributed by atoms with E-state index in [2.05, 4.69) is 15.2 Å². The summed E-state index contributed by atoms with van der Waals surface area (Å²) in [5, 5.41) is 17.0. The normalized spacial score (nSPS) is 19.6. The van der Waals surface area contributed by atoms with Gasteiger partial charge in [-0.3, -0.25) is 19.6 Å². The molecule has 0 saturated carbocycles. The number of aliphatic hydroxyl groups excluding tert-OH is 1. The molecule has 226 valence electrons. The zero-order chi connectivity index (χ0) is 30.8. The van der Waals surface area contributed by atoms with Gasteiger partial charge in [-0.1, -0.05) is 96.7 Å². The number of H-pyrrole nitrogens is 1. The summed E-state index contributed by atoms with van der Waals surface area (Å²) in [6, 6.07) is 30.6. The molecule has 10 heteroatoms. The van der Waals surface area contributed by atoms with E-state index in [1.54, 1.807) is 36.0 Å². The summed E-state index contributed by atoms with van der Waals surface area (Å²) in [5.74, 6) is 0.122. The third-order valence-corrected chi connectivity index (χ3v) is 9.14. The van der Waals surface area contributed by atoms with Crippen molar-refractivity contribution in [2.24, 2.45) is 0 Å². The molecule has 2 aliphatic rings. The Hall–Kier alpha value is -4.61. The van der Waals surface area contributed by atoms with Crippen LogP contribution in [-0.2, 0) is 22.6 Å². The van der Waals surface area contributed by atoms with Gasteiger partial charge in [0.15, 0.2) is 11.4 Å². The molecular weight excluding hydrogens is 588 g/mol. The molecule has 1 fully saturated rings.